The van der Waals surface area contributed by atoms with Crippen molar-refractivity contribution in [1.29, 1.82) is 10.5 Å². The number of esters is 1. The van der Waals surface area contributed by atoms with Gasteiger partial charge in [0, 0.05) is 0 Å². The van der Waals surface area contributed by atoms with Crippen LogP contribution in [0.3, 0.4) is 0 Å². The second-order valence-electron chi connectivity index (χ2n) is 6.31. The quantitative estimate of drug-likeness (QED) is 0.783. The Bertz CT molecular complexity index is 725. The molecule has 1 aromatic rings. The van der Waals surface area contributed by atoms with Gasteiger partial charge in [-0.05, 0) is 44.0 Å². The molecule has 1 fully saturated rings. The number of carbonyl (C=O) groups excluding carboxylic acids is 2. The Hall–Kier alpha value is -3.06. The second-order valence-corrected chi connectivity index (χ2v) is 6.31. The fourth-order valence-corrected chi connectivity index (χ4v) is 2.84. The maximum absolute atomic E-state index is 12.0. The molecule has 0 spiro atoms. The van der Waals surface area contributed by atoms with Crippen LogP contribution >= 0.6 is 0 Å². The van der Waals surface area contributed by atoms with Crippen LogP contribution in [0.15, 0.2) is 24.3 Å². The van der Waals surface area contributed by atoms with Crippen LogP contribution in [0, 0.1) is 22.7 Å². The number of nitrogens with zero attached hydrogens (tertiary/aromatic N) is 2. The van der Waals surface area contributed by atoms with Crippen LogP contribution < -0.4 is 10.1 Å². The molecule has 1 saturated carbocycles. The fraction of sp³-hybridized carbons (Fsp3) is 0.474. The van der Waals surface area contributed by atoms with E-state index in [0.29, 0.717) is 24.2 Å². The van der Waals surface area contributed by atoms with Crippen molar-refractivity contribution in [1.82, 2.24) is 5.32 Å². The van der Waals surface area contributed by atoms with Crippen LogP contribution in [0.25, 0.3) is 0 Å². The fourth-order valence-electron chi connectivity index (χ4n) is 2.84. The Labute approximate surface area is 152 Å². The minimum absolute atomic E-state index is 0.420. The first-order chi connectivity index (χ1) is 12.5. The van der Waals surface area contributed by atoms with Gasteiger partial charge in [0.05, 0.1) is 17.7 Å². The molecule has 0 heterocycles. The van der Waals surface area contributed by atoms with E-state index in [9.17, 15) is 14.9 Å². The molecule has 0 aliphatic heterocycles. The van der Waals surface area contributed by atoms with Crippen molar-refractivity contribution in [3.63, 3.8) is 0 Å². The number of benzene rings is 1. The lowest BCUT2D eigenvalue weighted by Gasteiger charge is -2.31. The van der Waals surface area contributed by atoms with E-state index in [1.165, 1.54) is 6.92 Å². The second kappa shape index (κ2) is 8.87. The number of hydrogen-bond acceptors (Lipinski definition) is 6. The molecule has 0 bridgehead atoms. The van der Waals surface area contributed by atoms with Gasteiger partial charge in [-0.15, -0.1) is 0 Å². The molecule has 136 valence electrons. The van der Waals surface area contributed by atoms with Crippen LogP contribution in [0.4, 0.5) is 0 Å². The topological polar surface area (TPSA) is 112 Å². The molecular formula is C19H21N3O4. The van der Waals surface area contributed by atoms with Crippen molar-refractivity contribution in [2.24, 2.45) is 0 Å². The maximum Gasteiger partial charge on any atom is 0.347 e. The summed E-state index contributed by atoms with van der Waals surface area (Å²) in [6.45, 7) is 1.06. The predicted octanol–water partition coefficient (Wildman–Crippen LogP) is 2.21. The van der Waals surface area contributed by atoms with E-state index in [0.717, 1.165) is 19.3 Å². The summed E-state index contributed by atoms with van der Waals surface area (Å²) in [5.41, 5.74) is -0.370. The summed E-state index contributed by atoms with van der Waals surface area (Å²) < 4.78 is 10.4. The van der Waals surface area contributed by atoms with E-state index >= 15 is 0 Å². The van der Waals surface area contributed by atoms with Gasteiger partial charge in [0.15, 0.2) is 12.7 Å². The molecule has 1 N–H and O–H groups in total. The zero-order chi connectivity index (χ0) is 19.0. The van der Waals surface area contributed by atoms with Crippen molar-refractivity contribution in [3.8, 4) is 17.9 Å². The number of nitrogens with one attached hydrogen (secondary N) is 1. The lowest BCUT2D eigenvalue weighted by atomic mass is 9.83. The number of carbonyl (C=O) groups is 2. The van der Waals surface area contributed by atoms with E-state index in [4.69, 9.17) is 14.7 Å². The van der Waals surface area contributed by atoms with Crippen LogP contribution in [0.2, 0.25) is 0 Å². The summed E-state index contributed by atoms with van der Waals surface area (Å²) in [6.07, 6.45) is 3.16. The minimum Gasteiger partial charge on any atom is -0.479 e. The Balaban J connectivity index is 1.80. The number of amides is 1. The highest BCUT2D eigenvalue weighted by Gasteiger charge is 2.33. The SMILES string of the molecule is C[C@@H](Oc1ccc(C#N)cc1)C(=O)OCC(=O)NC1(C#N)CCCCC1. The molecule has 0 saturated heterocycles. The third-order valence-corrected chi connectivity index (χ3v) is 4.27. The molecule has 0 unspecified atom stereocenters. The van der Waals surface area contributed by atoms with Crippen molar-refractivity contribution >= 4 is 11.9 Å². The lowest BCUT2D eigenvalue weighted by molar-refractivity contribution is -0.155. The van der Waals surface area contributed by atoms with Gasteiger partial charge in [0.2, 0.25) is 0 Å². The molecule has 2 rings (SSSR count). The van der Waals surface area contributed by atoms with Crippen LogP contribution in [0.5, 0.6) is 5.75 Å². The molecule has 0 radical (unpaired) electrons. The van der Waals surface area contributed by atoms with Gasteiger partial charge in [0.1, 0.15) is 11.3 Å². The first-order valence-electron chi connectivity index (χ1n) is 8.54. The molecule has 7 heteroatoms. The third-order valence-electron chi connectivity index (χ3n) is 4.27. The van der Waals surface area contributed by atoms with Crippen molar-refractivity contribution < 1.29 is 19.1 Å². The predicted molar refractivity (Wildman–Crippen MR) is 91.8 cm³/mol. The lowest BCUT2D eigenvalue weighted by Crippen LogP contribution is -2.50. The van der Waals surface area contributed by atoms with E-state index < -0.39 is 30.1 Å². The van der Waals surface area contributed by atoms with Crippen LogP contribution in [-0.4, -0.2) is 30.1 Å². The Morgan fingerprint density at radius 1 is 1.19 bits per heavy atom. The summed E-state index contributed by atoms with van der Waals surface area (Å²) in [7, 11) is 0. The standard InChI is InChI=1S/C19H21N3O4/c1-14(26-16-7-5-15(11-20)6-8-16)18(24)25-12-17(23)22-19(13-21)9-3-2-4-10-19/h5-8,14H,2-4,9-10,12H2,1H3,(H,22,23)/t14-/m1/s1. The largest absolute Gasteiger partial charge is 0.479 e. The van der Waals surface area contributed by atoms with Crippen molar-refractivity contribution in [3.05, 3.63) is 29.8 Å². The Kier molecular flexibility index (Phi) is 6.57. The highest BCUT2D eigenvalue weighted by molar-refractivity contribution is 5.82. The maximum atomic E-state index is 12.0. The molecule has 1 amide bonds. The van der Waals surface area contributed by atoms with E-state index in [1.807, 2.05) is 6.07 Å². The van der Waals surface area contributed by atoms with Gasteiger partial charge in [-0.2, -0.15) is 10.5 Å². The normalized spacial score (nSPS) is 16.4. The average molecular weight is 355 g/mol. The van der Waals surface area contributed by atoms with Crippen LogP contribution in [-0.2, 0) is 14.3 Å². The molecular weight excluding hydrogens is 334 g/mol. The summed E-state index contributed by atoms with van der Waals surface area (Å²) >= 11 is 0. The first-order valence-corrected chi connectivity index (χ1v) is 8.54. The average Bonchev–Trinajstić information content (AvgIpc) is 2.67. The van der Waals surface area contributed by atoms with Gasteiger partial charge in [-0.25, -0.2) is 4.79 Å². The van der Waals surface area contributed by atoms with E-state index in [-0.39, 0.29) is 0 Å². The smallest absolute Gasteiger partial charge is 0.347 e. The van der Waals surface area contributed by atoms with Gasteiger partial charge in [-0.1, -0.05) is 19.3 Å². The summed E-state index contributed by atoms with van der Waals surface area (Å²) in [4.78, 5) is 24.0. The first kappa shape index (κ1) is 19.3. The minimum atomic E-state index is -0.907. The Morgan fingerprint density at radius 2 is 1.85 bits per heavy atom. The summed E-state index contributed by atoms with van der Waals surface area (Å²) in [6, 6.07) is 10.5. The van der Waals surface area contributed by atoms with E-state index in [2.05, 4.69) is 11.4 Å². The third kappa shape index (κ3) is 5.22. The number of nitriles is 2. The molecule has 26 heavy (non-hydrogen) atoms. The molecule has 0 aromatic heterocycles. The van der Waals surface area contributed by atoms with Crippen LogP contribution in [0.1, 0.15) is 44.6 Å². The van der Waals surface area contributed by atoms with Gasteiger partial charge in [0.25, 0.3) is 5.91 Å². The van der Waals surface area contributed by atoms with Crippen molar-refractivity contribution in [2.75, 3.05) is 6.61 Å². The zero-order valence-electron chi connectivity index (χ0n) is 14.7. The molecule has 7 nitrogen and oxygen atoms in total. The number of rotatable bonds is 6. The molecule has 1 aliphatic rings. The zero-order valence-corrected chi connectivity index (χ0v) is 14.7. The molecule has 1 aromatic carbocycles. The molecule has 1 aliphatic carbocycles. The number of hydrogen-bond donors (Lipinski definition) is 1. The highest BCUT2D eigenvalue weighted by Crippen LogP contribution is 2.27. The van der Waals surface area contributed by atoms with Gasteiger partial charge in [-0.3, -0.25) is 4.79 Å². The summed E-state index contributed by atoms with van der Waals surface area (Å²) in [5.74, 6) is -0.755. The number of ether oxygens (including phenoxy) is 2. The highest BCUT2D eigenvalue weighted by atomic mass is 16.6. The van der Waals surface area contributed by atoms with Crippen molar-refractivity contribution in [2.45, 2.75) is 50.7 Å². The summed E-state index contributed by atoms with van der Waals surface area (Å²) in [5, 5.41) is 20.8. The van der Waals surface area contributed by atoms with Gasteiger partial charge >= 0.3 is 5.97 Å². The van der Waals surface area contributed by atoms with Gasteiger partial charge < -0.3 is 14.8 Å². The monoisotopic (exact) mass is 355 g/mol. The molecule has 1 atom stereocenters. The Morgan fingerprint density at radius 3 is 2.42 bits per heavy atom. The van der Waals surface area contributed by atoms with E-state index in [1.54, 1.807) is 24.3 Å².